The lowest BCUT2D eigenvalue weighted by atomic mass is 9.92. The highest BCUT2D eigenvalue weighted by molar-refractivity contribution is 7.76. The van der Waals surface area contributed by atoms with Crippen molar-refractivity contribution in [3.63, 3.8) is 0 Å². The number of allylic oxidation sites excluding steroid dienone is 3. The van der Waals surface area contributed by atoms with Gasteiger partial charge in [0.2, 0.25) is 0 Å². The molecule has 3 rings (SSSR count). The average molecular weight is 385 g/mol. The van der Waals surface area contributed by atoms with Crippen LogP contribution in [-0.4, -0.2) is 25.8 Å². The summed E-state index contributed by atoms with van der Waals surface area (Å²) in [5.74, 6) is 2.38. The fourth-order valence-corrected chi connectivity index (χ4v) is 4.12. The summed E-state index contributed by atoms with van der Waals surface area (Å²) >= 11 is 0. The summed E-state index contributed by atoms with van der Waals surface area (Å²) in [5.41, 5.74) is 4.98. The predicted octanol–water partition coefficient (Wildman–Crippen LogP) is 6.90. The van der Waals surface area contributed by atoms with Gasteiger partial charge in [-0.3, -0.25) is 4.79 Å². The van der Waals surface area contributed by atoms with Crippen LogP contribution in [0, 0.1) is 0 Å². The van der Waals surface area contributed by atoms with E-state index in [1.807, 2.05) is 66.7 Å². The lowest BCUT2D eigenvalue weighted by molar-refractivity contribution is 0.104. The molecule has 140 valence electrons. The fraction of sp³-hybridized carbons (Fsp3) is 0.115. The number of ketones is 1. The first kappa shape index (κ1) is 20.0. The van der Waals surface area contributed by atoms with E-state index in [-0.39, 0.29) is 5.78 Å². The molecule has 0 spiro atoms. The van der Waals surface area contributed by atoms with Crippen LogP contribution in [0.4, 0.5) is 0 Å². The lowest BCUT2D eigenvalue weighted by Crippen LogP contribution is -1.99. The van der Waals surface area contributed by atoms with Gasteiger partial charge in [-0.2, -0.15) is 0 Å². The highest BCUT2D eigenvalue weighted by Crippen LogP contribution is 2.52. The van der Waals surface area contributed by atoms with Gasteiger partial charge in [-0.05, 0) is 22.8 Å². The van der Waals surface area contributed by atoms with Crippen LogP contribution in [0.15, 0.2) is 103 Å². The molecule has 0 amide bonds. The highest BCUT2D eigenvalue weighted by atomic mass is 31.2. The van der Waals surface area contributed by atoms with Crippen LogP contribution in [0.3, 0.4) is 0 Å². The molecule has 0 unspecified atom stereocenters. The van der Waals surface area contributed by atoms with E-state index >= 15 is 0 Å². The van der Waals surface area contributed by atoms with Gasteiger partial charge in [0.25, 0.3) is 0 Å². The van der Waals surface area contributed by atoms with E-state index in [2.05, 4.69) is 50.1 Å². The number of benzene rings is 3. The molecular weight excluding hydrogens is 359 g/mol. The van der Waals surface area contributed by atoms with Gasteiger partial charge >= 0.3 is 0 Å². The Bertz CT molecular complexity index is 979. The Hall–Kier alpha value is -2.76. The van der Waals surface area contributed by atoms with Gasteiger partial charge in [-0.25, -0.2) is 0 Å². The first-order valence-electron chi connectivity index (χ1n) is 9.40. The molecule has 0 N–H and O–H groups in total. The van der Waals surface area contributed by atoms with E-state index in [4.69, 9.17) is 0 Å². The van der Waals surface area contributed by atoms with Crippen molar-refractivity contribution in [3.05, 3.63) is 120 Å². The first-order chi connectivity index (χ1) is 13.4. The van der Waals surface area contributed by atoms with Gasteiger partial charge in [0.05, 0.1) is 25.8 Å². The van der Waals surface area contributed by atoms with Crippen LogP contribution in [0.25, 0.3) is 11.1 Å². The minimum atomic E-state index is -1.24. The van der Waals surface area contributed by atoms with Crippen molar-refractivity contribution in [1.29, 1.82) is 0 Å². The minimum Gasteiger partial charge on any atom is -0.289 e. The summed E-state index contributed by atoms with van der Waals surface area (Å²) in [6, 6.07) is 30.0. The quantitative estimate of drug-likeness (QED) is 0.195. The van der Waals surface area contributed by atoms with Crippen LogP contribution in [0.2, 0.25) is 0 Å². The van der Waals surface area contributed by atoms with Gasteiger partial charge in [0.1, 0.15) is 0 Å². The molecule has 0 saturated carbocycles. The normalized spacial score (nSPS) is 12.7. The van der Waals surface area contributed by atoms with E-state index in [1.54, 1.807) is 6.08 Å². The maximum atomic E-state index is 13.0. The number of carbonyl (C=O) groups excluding carboxylic acids is 1. The molecule has 2 heteroatoms. The molecule has 28 heavy (non-hydrogen) atoms. The zero-order valence-corrected chi connectivity index (χ0v) is 17.6. The van der Waals surface area contributed by atoms with Crippen LogP contribution in [-0.2, 0) is 0 Å². The van der Waals surface area contributed by atoms with Gasteiger partial charge in [-0.15, -0.1) is 0 Å². The second-order valence-electron chi connectivity index (χ2n) is 7.68. The molecule has 0 aliphatic carbocycles. The Morgan fingerprint density at radius 1 is 0.607 bits per heavy atom. The zero-order chi connectivity index (χ0) is 20.0. The number of hydrogen-bond acceptors (Lipinski definition) is 1. The fourth-order valence-electron chi connectivity index (χ4n) is 3.06. The van der Waals surface area contributed by atoms with E-state index in [0.717, 1.165) is 22.3 Å². The SMILES string of the molecule is C[P+](C)(C)/C=C(\C(=C/C(=O)c1ccccc1)c1ccccc1)c1ccccc1. The van der Waals surface area contributed by atoms with Crippen LogP contribution in [0.5, 0.6) is 0 Å². The van der Waals surface area contributed by atoms with E-state index in [9.17, 15) is 4.79 Å². The third-order valence-electron chi connectivity index (χ3n) is 4.31. The molecule has 0 bridgehead atoms. The average Bonchev–Trinajstić information content (AvgIpc) is 2.71. The summed E-state index contributed by atoms with van der Waals surface area (Å²) < 4.78 is 0. The van der Waals surface area contributed by atoms with Gasteiger partial charge in [-0.1, -0.05) is 91.0 Å². The third-order valence-corrected chi connectivity index (χ3v) is 5.34. The van der Waals surface area contributed by atoms with Crippen molar-refractivity contribution in [2.45, 2.75) is 0 Å². The maximum absolute atomic E-state index is 13.0. The maximum Gasteiger partial charge on any atom is 0.186 e. The smallest absolute Gasteiger partial charge is 0.186 e. The molecule has 3 aromatic rings. The summed E-state index contributed by atoms with van der Waals surface area (Å²) in [5, 5.41) is 0. The van der Waals surface area contributed by atoms with Gasteiger partial charge in [0, 0.05) is 18.4 Å². The Balaban J connectivity index is 2.20. The summed E-state index contributed by atoms with van der Waals surface area (Å²) in [6.45, 7) is 6.87. The molecule has 0 radical (unpaired) electrons. The Morgan fingerprint density at radius 2 is 1.00 bits per heavy atom. The van der Waals surface area contributed by atoms with Crippen molar-refractivity contribution < 1.29 is 4.79 Å². The van der Waals surface area contributed by atoms with Gasteiger partial charge < -0.3 is 0 Å². The molecule has 0 saturated heterocycles. The van der Waals surface area contributed by atoms with Crippen LogP contribution < -0.4 is 0 Å². The molecule has 0 fully saturated rings. The van der Waals surface area contributed by atoms with Crippen molar-refractivity contribution in [1.82, 2.24) is 0 Å². The lowest BCUT2D eigenvalue weighted by Gasteiger charge is -2.16. The van der Waals surface area contributed by atoms with Crippen molar-refractivity contribution in [2.75, 3.05) is 20.0 Å². The first-order valence-corrected chi connectivity index (χ1v) is 12.6. The zero-order valence-electron chi connectivity index (χ0n) is 16.7. The third kappa shape index (κ3) is 5.38. The molecule has 0 aliphatic rings. The summed E-state index contributed by atoms with van der Waals surface area (Å²) in [4.78, 5) is 13.0. The minimum absolute atomic E-state index is 0.0218. The molecule has 0 aromatic heterocycles. The van der Waals surface area contributed by atoms with Crippen LogP contribution >= 0.6 is 7.26 Å². The molecule has 3 aromatic carbocycles. The second-order valence-corrected chi connectivity index (χ2v) is 12.2. The molecular formula is C26H26OP+. The Kier molecular flexibility index (Phi) is 6.39. The largest absolute Gasteiger partial charge is 0.289 e. The Labute approximate surface area is 168 Å². The highest BCUT2D eigenvalue weighted by Gasteiger charge is 2.21. The van der Waals surface area contributed by atoms with Crippen molar-refractivity contribution in [3.8, 4) is 0 Å². The van der Waals surface area contributed by atoms with Crippen molar-refractivity contribution in [2.24, 2.45) is 0 Å². The second kappa shape index (κ2) is 8.95. The standard InChI is InChI=1S/C26H26OP/c1-28(2,3)20-25(22-15-9-5-10-16-22)24(21-13-7-4-8-14-21)19-26(27)23-17-11-6-12-18-23/h4-20H,1-3H3/q+1/b24-19-,25-20-. The van der Waals surface area contributed by atoms with Gasteiger partial charge in [0.15, 0.2) is 5.78 Å². The molecule has 0 heterocycles. The molecule has 1 nitrogen and oxygen atoms in total. The van der Waals surface area contributed by atoms with Crippen LogP contribution in [0.1, 0.15) is 21.5 Å². The van der Waals surface area contributed by atoms with E-state index < -0.39 is 7.26 Å². The molecule has 0 aliphatic heterocycles. The summed E-state index contributed by atoms with van der Waals surface area (Å²) in [7, 11) is -1.24. The number of rotatable bonds is 6. The number of carbonyl (C=O) groups is 1. The number of hydrogen-bond donors (Lipinski definition) is 0. The monoisotopic (exact) mass is 385 g/mol. The Morgan fingerprint density at radius 3 is 1.43 bits per heavy atom. The van der Waals surface area contributed by atoms with E-state index in [1.165, 1.54) is 0 Å². The molecule has 0 atom stereocenters. The van der Waals surface area contributed by atoms with E-state index in [0.29, 0.717) is 5.56 Å². The van der Waals surface area contributed by atoms with Crippen molar-refractivity contribution >= 4 is 24.2 Å². The predicted molar refractivity (Wildman–Crippen MR) is 124 cm³/mol. The summed E-state index contributed by atoms with van der Waals surface area (Å²) in [6.07, 6.45) is 1.79. The topological polar surface area (TPSA) is 17.1 Å².